The minimum absolute atomic E-state index is 1.22. The number of hydrogen-bond acceptors (Lipinski definition) is 1. The third-order valence-corrected chi connectivity index (χ3v) is 4.42. The molecule has 2 aromatic carbocycles. The average Bonchev–Trinajstić information content (AvgIpc) is 2.88. The number of thioether (sulfide) groups is 1. The fourth-order valence-electron chi connectivity index (χ4n) is 2.52. The van der Waals surface area contributed by atoms with Crippen LogP contribution in [0.25, 0.3) is 21.8 Å². The molecule has 0 unspecified atom stereocenters. The summed E-state index contributed by atoms with van der Waals surface area (Å²) in [6.45, 7) is 0. The van der Waals surface area contributed by atoms with Gasteiger partial charge in [-0.2, -0.15) is 0 Å². The molecule has 1 N–H and O–H groups in total. The maximum Gasteiger partial charge on any atom is 0.0476 e. The van der Waals surface area contributed by atoms with Crippen molar-refractivity contribution >= 4 is 33.6 Å². The van der Waals surface area contributed by atoms with Gasteiger partial charge in [0.2, 0.25) is 0 Å². The van der Waals surface area contributed by atoms with E-state index in [9.17, 15) is 0 Å². The van der Waals surface area contributed by atoms with Crippen LogP contribution in [0, 0.1) is 0 Å². The predicted octanol–water partition coefficient (Wildman–Crippen LogP) is 3.97. The van der Waals surface area contributed by atoms with Crippen molar-refractivity contribution in [3.63, 3.8) is 0 Å². The van der Waals surface area contributed by atoms with Crippen LogP contribution in [0.15, 0.2) is 41.3 Å². The van der Waals surface area contributed by atoms with E-state index in [0.717, 1.165) is 0 Å². The number of aromatic nitrogens is 1. The Bertz CT molecular complexity index is 696. The van der Waals surface area contributed by atoms with Gasteiger partial charge in [-0.25, -0.2) is 0 Å². The van der Waals surface area contributed by atoms with E-state index in [1.54, 1.807) is 0 Å². The van der Waals surface area contributed by atoms with Crippen molar-refractivity contribution in [1.29, 1.82) is 0 Å². The molecule has 1 aliphatic rings. The number of H-pyrrole nitrogens is 1. The second-order valence-corrected chi connectivity index (χ2v) is 5.41. The minimum Gasteiger partial charge on any atom is -0.354 e. The quantitative estimate of drug-likeness (QED) is 0.612. The van der Waals surface area contributed by atoms with Crippen LogP contribution in [0.4, 0.5) is 0 Å². The molecule has 0 bridgehead atoms. The molecule has 1 nitrogen and oxygen atoms in total. The number of para-hydroxylation sites is 1. The molecule has 2 heterocycles. The van der Waals surface area contributed by atoms with Gasteiger partial charge in [-0.15, -0.1) is 11.8 Å². The lowest BCUT2D eigenvalue weighted by Crippen LogP contribution is -1.79. The highest BCUT2D eigenvalue weighted by Gasteiger charge is 2.14. The standard InChI is InChI=1S/C14H11NS/c1-2-4-12-10(3-1)11-7-9-5-6-16-14(9)8-13(11)15-12/h1-4,7-8,15H,5-6H2. The van der Waals surface area contributed by atoms with Gasteiger partial charge in [-0.1, -0.05) is 18.2 Å². The fourth-order valence-corrected chi connectivity index (χ4v) is 3.61. The normalized spacial score (nSPS) is 14.8. The summed E-state index contributed by atoms with van der Waals surface area (Å²) in [5, 5.41) is 2.72. The highest BCUT2D eigenvalue weighted by Crippen LogP contribution is 2.36. The van der Waals surface area contributed by atoms with Crippen molar-refractivity contribution < 1.29 is 0 Å². The molecule has 2 heteroatoms. The Balaban J connectivity index is 2.19. The van der Waals surface area contributed by atoms with E-state index in [4.69, 9.17) is 0 Å². The van der Waals surface area contributed by atoms with E-state index < -0.39 is 0 Å². The van der Waals surface area contributed by atoms with Gasteiger partial charge in [-0.05, 0) is 30.2 Å². The van der Waals surface area contributed by atoms with Crippen LogP contribution in [0.2, 0.25) is 0 Å². The first-order chi connectivity index (χ1) is 7.92. The van der Waals surface area contributed by atoms with Gasteiger partial charge in [0.25, 0.3) is 0 Å². The monoisotopic (exact) mass is 225 g/mol. The Labute approximate surface area is 97.9 Å². The highest BCUT2D eigenvalue weighted by atomic mass is 32.2. The van der Waals surface area contributed by atoms with Crippen LogP contribution >= 0.6 is 11.8 Å². The van der Waals surface area contributed by atoms with E-state index >= 15 is 0 Å². The summed E-state index contributed by atoms with van der Waals surface area (Å²) in [5.41, 5.74) is 4.03. The van der Waals surface area contributed by atoms with E-state index in [1.807, 2.05) is 11.8 Å². The van der Waals surface area contributed by atoms with Crippen molar-refractivity contribution in [3.8, 4) is 0 Å². The summed E-state index contributed by atoms with van der Waals surface area (Å²) >= 11 is 1.97. The van der Waals surface area contributed by atoms with Crippen LogP contribution in [0.5, 0.6) is 0 Å². The number of hydrogen-bond donors (Lipinski definition) is 1. The van der Waals surface area contributed by atoms with Gasteiger partial charge in [0.1, 0.15) is 0 Å². The maximum absolute atomic E-state index is 3.49. The molecule has 0 spiro atoms. The van der Waals surface area contributed by atoms with Crippen LogP contribution < -0.4 is 0 Å². The third kappa shape index (κ3) is 1.08. The average molecular weight is 225 g/mol. The molecule has 0 amide bonds. The van der Waals surface area contributed by atoms with Crippen LogP contribution in [0.3, 0.4) is 0 Å². The molecule has 0 radical (unpaired) electrons. The molecule has 0 aliphatic carbocycles. The lowest BCUT2D eigenvalue weighted by atomic mass is 10.1. The number of nitrogens with one attached hydrogen (secondary N) is 1. The first-order valence-corrected chi connectivity index (χ1v) is 6.56. The van der Waals surface area contributed by atoms with Crippen molar-refractivity contribution in [2.75, 3.05) is 5.75 Å². The van der Waals surface area contributed by atoms with Crippen molar-refractivity contribution in [3.05, 3.63) is 42.0 Å². The fraction of sp³-hybridized carbons (Fsp3) is 0.143. The third-order valence-electron chi connectivity index (χ3n) is 3.32. The molecule has 0 saturated heterocycles. The second kappa shape index (κ2) is 3.05. The zero-order valence-corrected chi connectivity index (χ0v) is 9.60. The summed E-state index contributed by atoms with van der Waals surface area (Å²) in [5.74, 6) is 1.24. The van der Waals surface area contributed by atoms with Gasteiger partial charge in [0.15, 0.2) is 0 Å². The van der Waals surface area contributed by atoms with E-state index in [-0.39, 0.29) is 0 Å². The molecule has 0 saturated carbocycles. The van der Waals surface area contributed by atoms with Crippen LogP contribution in [-0.2, 0) is 6.42 Å². The van der Waals surface area contributed by atoms with Crippen LogP contribution in [-0.4, -0.2) is 10.7 Å². The maximum atomic E-state index is 3.49. The zero-order valence-electron chi connectivity index (χ0n) is 8.79. The SMILES string of the molecule is c1ccc2c(c1)[nH]c1cc3c(cc12)CCS3. The lowest BCUT2D eigenvalue weighted by molar-refractivity contribution is 1.16. The summed E-state index contributed by atoms with van der Waals surface area (Å²) in [6.07, 6.45) is 1.22. The van der Waals surface area contributed by atoms with Gasteiger partial charge in [-0.3, -0.25) is 0 Å². The van der Waals surface area contributed by atoms with Crippen molar-refractivity contribution in [2.24, 2.45) is 0 Å². The number of fused-ring (bicyclic) bond motifs is 4. The predicted molar refractivity (Wildman–Crippen MR) is 70.2 cm³/mol. The summed E-state index contributed by atoms with van der Waals surface area (Å²) < 4.78 is 0. The Morgan fingerprint density at radius 1 is 1.00 bits per heavy atom. The van der Waals surface area contributed by atoms with Gasteiger partial charge in [0, 0.05) is 32.5 Å². The molecule has 1 aliphatic heterocycles. The zero-order chi connectivity index (χ0) is 10.5. The molecule has 16 heavy (non-hydrogen) atoms. The smallest absolute Gasteiger partial charge is 0.0476 e. The Hall–Kier alpha value is -1.41. The number of aromatic amines is 1. The molecule has 1 aromatic heterocycles. The summed E-state index contributed by atoms with van der Waals surface area (Å²) in [6, 6.07) is 13.2. The second-order valence-electron chi connectivity index (χ2n) is 4.27. The van der Waals surface area contributed by atoms with Gasteiger partial charge in [0.05, 0.1) is 0 Å². The number of aryl methyl sites for hydroxylation is 1. The molecule has 3 aromatic rings. The Morgan fingerprint density at radius 2 is 1.94 bits per heavy atom. The molecule has 4 rings (SSSR count). The van der Waals surface area contributed by atoms with E-state index in [1.165, 1.54) is 44.4 Å². The van der Waals surface area contributed by atoms with Crippen molar-refractivity contribution in [2.45, 2.75) is 11.3 Å². The van der Waals surface area contributed by atoms with E-state index in [0.29, 0.717) is 0 Å². The van der Waals surface area contributed by atoms with E-state index in [2.05, 4.69) is 41.4 Å². The summed E-state index contributed by atoms with van der Waals surface area (Å²) in [4.78, 5) is 4.95. The first-order valence-electron chi connectivity index (χ1n) is 5.58. The lowest BCUT2D eigenvalue weighted by Gasteiger charge is -1.98. The highest BCUT2D eigenvalue weighted by molar-refractivity contribution is 7.99. The largest absolute Gasteiger partial charge is 0.354 e. The van der Waals surface area contributed by atoms with Gasteiger partial charge >= 0.3 is 0 Å². The van der Waals surface area contributed by atoms with Crippen molar-refractivity contribution in [1.82, 2.24) is 4.98 Å². The Morgan fingerprint density at radius 3 is 2.94 bits per heavy atom. The minimum atomic E-state index is 1.22. The topological polar surface area (TPSA) is 15.8 Å². The summed E-state index contributed by atoms with van der Waals surface area (Å²) in [7, 11) is 0. The molecule has 0 fully saturated rings. The molecule has 0 atom stereocenters. The molecular formula is C14H11NS. The first kappa shape index (κ1) is 8.71. The molecular weight excluding hydrogens is 214 g/mol. The molecule has 78 valence electrons. The number of rotatable bonds is 0. The number of benzene rings is 2. The van der Waals surface area contributed by atoms with Gasteiger partial charge < -0.3 is 4.98 Å². The van der Waals surface area contributed by atoms with Crippen LogP contribution in [0.1, 0.15) is 5.56 Å². The Kier molecular flexibility index (Phi) is 1.66.